The number of aryl methyl sites for hydroxylation is 1. The van der Waals surface area contributed by atoms with Crippen LogP contribution in [0.5, 0.6) is 0 Å². The van der Waals surface area contributed by atoms with Gasteiger partial charge in [-0.25, -0.2) is 4.98 Å². The number of carbonyl (C=O) groups is 1. The summed E-state index contributed by atoms with van der Waals surface area (Å²) in [5, 5.41) is 5.90. The lowest BCUT2D eigenvalue weighted by Gasteiger charge is -2.11. The number of anilines is 1. The third-order valence-electron chi connectivity index (χ3n) is 3.18. The van der Waals surface area contributed by atoms with Crippen molar-refractivity contribution in [3.63, 3.8) is 0 Å². The molecule has 0 aliphatic heterocycles. The molecule has 0 spiro atoms. The smallest absolute Gasteiger partial charge is 0.254 e. The van der Waals surface area contributed by atoms with Crippen LogP contribution in [-0.2, 0) is 0 Å². The highest BCUT2D eigenvalue weighted by molar-refractivity contribution is 5.98. The van der Waals surface area contributed by atoms with Crippen molar-refractivity contribution in [2.45, 2.75) is 39.0 Å². The summed E-state index contributed by atoms with van der Waals surface area (Å²) in [5.41, 5.74) is 6.96. The topological polar surface area (TPSA) is 80.0 Å². The van der Waals surface area contributed by atoms with Crippen molar-refractivity contribution in [3.8, 4) is 0 Å². The Kier molecular flexibility index (Phi) is 7.65. The fraction of sp³-hybridized carbons (Fsp3) is 0.600. The van der Waals surface area contributed by atoms with Crippen LogP contribution in [0.1, 0.15) is 48.2 Å². The molecule has 5 nitrogen and oxygen atoms in total. The number of pyridine rings is 1. The van der Waals surface area contributed by atoms with Gasteiger partial charge in [0, 0.05) is 19.3 Å². The molecule has 20 heavy (non-hydrogen) atoms. The Morgan fingerprint density at radius 1 is 1.20 bits per heavy atom. The van der Waals surface area contributed by atoms with Crippen LogP contribution in [0.2, 0.25) is 0 Å². The fourth-order valence-corrected chi connectivity index (χ4v) is 2.02. The number of unbranched alkanes of at least 4 members (excludes halogenated alkanes) is 4. The van der Waals surface area contributed by atoms with Gasteiger partial charge in [0.25, 0.3) is 5.91 Å². The molecule has 0 fully saturated rings. The molecule has 1 heterocycles. The van der Waals surface area contributed by atoms with Crippen LogP contribution in [0.4, 0.5) is 5.82 Å². The molecule has 0 atom stereocenters. The monoisotopic (exact) mass is 278 g/mol. The van der Waals surface area contributed by atoms with E-state index in [2.05, 4.69) is 15.6 Å². The quantitative estimate of drug-likeness (QED) is 0.604. The number of nitrogens with two attached hydrogens (primary N) is 1. The molecule has 0 bridgehead atoms. The van der Waals surface area contributed by atoms with Crippen molar-refractivity contribution in [1.29, 1.82) is 0 Å². The molecule has 0 unspecified atom stereocenters. The SMILES string of the molecule is CNC(=O)c1ccc(C)nc1NCCCCCCCN. The van der Waals surface area contributed by atoms with Gasteiger partial charge in [-0.3, -0.25) is 4.79 Å². The zero-order chi connectivity index (χ0) is 14.8. The Labute approximate surface area is 121 Å². The van der Waals surface area contributed by atoms with E-state index in [0.717, 1.165) is 31.6 Å². The maximum absolute atomic E-state index is 11.7. The average molecular weight is 278 g/mol. The van der Waals surface area contributed by atoms with E-state index in [9.17, 15) is 4.79 Å². The highest BCUT2D eigenvalue weighted by atomic mass is 16.1. The minimum Gasteiger partial charge on any atom is -0.369 e. The van der Waals surface area contributed by atoms with E-state index < -0.39 is 0 Å². The number of hydrogen-bond acceptors (Lipinski definition) is 4. The number of rotatable bonds is 9. The first-order valence-electron chi connectivity index (χ1n) is 7.32. The van der Waals surface area contributed by atoms with Gasteiger partial charge in [-0.05, 0) is 38.4 Å². The van der Waals surface area contributed by atoms with Crippen LogP contribution in [0.3, 0.4) is 0 Å². The van der Waals surface area contributed by atoms with Crippen LogP contribution in [0, 0.1) is 6.92 Å². The molecule has 1 amide bonds. The van der Waals surface area contributed by atoms with Gasteiger partial charge in [0.1, 0.15) is 5.82 Å². The summed E-state index contributed by atoms with van der Waals surface area (Å²) in [6.07, 6.45) is 5.76. The normalized spacial score (nSPS) is 10.3. The first-order chi connectivity index (χ1) is 9.69. The number of aromatic nitrogens is 1. The number of hydrogen-bond donors (Lipinski definition) is 3. The fourth-order valence-electron chi connectivity index (χ4n) is 2.02. The predicted octanol–water partition coefficient (Wildman–Crippen LogP) is 2.07. The second kappa shape index (κ2) is 9.31. The molecular formula is C15H26N4O. The maximum atomic E-state index is 11.7. The van der Waals surface area contributed by atoms with Gasteiger partial charge in [-0.2, -0.15) is 0 Å². The molecule has 0 saturated heterocycles. The Bertz CT molecular complexity index is 420. The molecule has 0 radical (unpaired) electrons. The maximum Gasteiger partial charge on any atom is 0.254 e. The van der Waals surface area contributed by atoms with E-state index in [1.807, 2.05) is 19.1 Å². The second-order valence-corrected chi connectivity index (χ2v) is 4.91. The lowest BCUT2D eigenvalue weighted by Crippen LogP contribution is -2.20. The number of nitrogens with one attached hydrogen (secondary N) is 2. The Balaban J connectivity index is 2.42. The number of carbonyl (C=O) groups excluding carboxylic acids is 1. The van der Waals surface area contributed by atoms with Gasteiger partial charge in [-0.15, -0.1) is 0 Å². The van der Waals surface area contributed by atoms with Gasteiger partial charge < -0.3 is 16.4 Å². The Morgan fingerprint density at radius 2 is 1.90 bits per heavy atom. The summed E-state index contributed by atoms with van der Waals surface area (Å²) in [6.45, 7) is 3.54. The van der Waals surface area contributed by atoms with E-state index in [4.69, 9.17) is 5.73 Å². The first kappa shape index (κ1) is 16.4. The van der Waals surface area contributed by atoms with Crippen molar-refractivity contribution >= 4 is 11.7 Å². The molecule has 4 N–H and O–H groups in total. The van der Waals surface area contributed by atoms with Gasteiger partial charge in [0.05, 0.1) is 5.56 Å². The summed E-state index contributed by atoms with van der Waals surface area (Å²) in [7, 11) is 1.63. The summed E-state index contributed by atoms with van der Waals surface area (Å²) in [5.74, 6) is 0.564. The molecular weight excluding hydrogens is 252 g/mol. The van der Waals surface area contributed by atoms with Crippen LogP contribution in [0.25, 0.3) is 0 Å². The predicted molar refractivity (Wildman–Crippen MR) is 83.0 cm³/mol. The zero-order valence-corrected chi connectivity index (χ0v) is 12.5. The first-order valence-corrected chi connectivity index (χ1v) is 7.32. The molecule has 112 valence electrons. The van der Waals surface area contributed by atoms with Crippen molar-refractivity contribution in [2.75, 3.05) is 25.5 Å². The van der Waals surface area contributed by atoms with Crippen molar-refractivity contribution in [1.82, 2.24) is 10.3 Å². The van der Waals surface area contributed by atoms with Crippen LogP contribution >= 0.6 is 0 Å². The minimum atomic E-state index is -0.108. The lowest BCUT2D eigenvalue weighted by atomic mass is 10.1. The Morgan fingerprint density at radius 3 is 2.60 bits per heavy atom. The average Bonchev–Trinajstić information content (AvgIpc) is 2.45. The molecule has 1 aromatic heterocycles. The van der Waals surface area contributed by atoms with E-state index in [1.165, 1.54) is 19.3 Å². The molecule has 0 aromatic carbocycles. The van der Waals surface area contributed by atoms with Crippen molar-refractivity contribution in [3.05, 3.63) is 23.4 Å². The van der Waals surface area contributed by atoms with Gasteiger partial charge in [0.2, 0.25) is 0 Å². The Hall–Kier alpha value is -1.62. The van der Waals surface area contributed by atoms with Crippen LogP contribution in [0.15, 0.2) is 12.1 Å². The summed E-state index contributed by atoms with van der Waals surface area (Å²) < 4.78 is 0. The van der Waals surface area contributed by atoms with E-state index in [-0.39, 0.29) is 5.91 Å². The molecule has 0 saturated carbocycles. The van der Waals surface area contributed by atoms with Gasteiger partial charge in [-0.1, -0.05) is 19.3 Å². The van der Waals surface area contributed by atoms with E-state index >= 15 is 0 Å². The standard InChI is InChI=1S/C15H26N4O/c1-12-8-9-13(15(20)17-2)14(19-12)18-11-7-5-3-4-6-10-16/h8-9H,3-7,10-11,16H2,1-2H3,(H,17,20)(H,18,19). The zero-order valence-electron chi connectivity index (χ0n) is 12.5. The van der Waals surface area contributed by atoms with Crippen molar-refractivity contribution < 1.29 is 4.79 Å². The largest absolute Gasteiger partial charge is 0.369 e. The molecule has 0 aliphatic carbocycles. The molecule has 1 aromatic rings. The number of nitrogens with zero attached hydrogens (tertiary/aromatic N) is 1. The highest BCUT2D eigenvalue weighted by Gasteiger charge is 2.10. The van der Waals surface area contributed by atoms with Crippen LogP contribution < -0.4 is 16.4 Å². The minimum absolute atomic E-state index is 0.108. The van der Waals surface area contributed by atoms with Crippen LogP contribution in [-0.4, -0.2) is 31.0 Å². The molecule has 5 heteroatoms. The van der Waals surface area contributed by atoms with Crippen molar-refractivity contribution in [2.24, 2.45) is 5.73 Å². The van der Waals surface area contributed by atoms with E-state index in [1.54, 1.807) is 7.05 Å². The van der Waals surface area contributed by atoms with Gasteiger partial charge in [0.15, 0.2) is 0 Å². The summed E-state index contributed by atoms with van der Waals surface area (Å²) in [6, 6.07) is 3.66. The molecule has 0 aliphatic rings. The number of amides is 1. The third kappa shape index (κ3) is 5.57. The third-order valence-corrected chi connectivity index (χ3v) is 3.18. The molecule has 1 rings (SSSR count). The lowest BCUT2D eigenvalue weighted by molar-refractivity contribution is 0.0963. The van der Waals surface area contributed by atoms with Gasteiger partial charge >= 0.3 is 0 Å². The van der Waals surface area contributed by atoms with E-state index in [0.29, 0.717) is 11.4 Å². The summed E-state index contributed by atoms with van der Waals surface area (Å²) in [4.78, 5) is 16.2. The summed E-state index contributed by atoms with van der Waals surface area (Å²) >= 11 is 0. The second-order valence-electron chi connectivity index (χ2n) is 4.91. The highest BCUT2D eigenvalue weighted by Crippen LogP contribution is 2.14.